The van der Waals surface area contributed by atoms with E-state index in [1.807, 2.05) is 0 Å². The minimum atomic E-state index is -1.26. The minimum absolute atomic E-state index is 0.0923. The molecule has 1 aromatic heterocycles. The number of epoxide rings is 1. The van der Waals surface area contributed by atoms with Gasteiger partial charge in [-0.2, -0.15) is 0 Å². The lowest BCUT2D eigenvalue weighted by molar-refractivity contribution is -0.134. The van der Waals surface area contributed by atoms with Gasteiger partial charge in [-0.3, -0.25) is 19.2 Å². The Bertz CT molecular complexity index is 1230. The summed E-state index contributed by atoms with van der Waals surface area (Å²) in [6.45, 7) is 3.04. The molecule has 2 aromatic rings. The molecular weight excluding hydrogens is 530 g/mol. The summed E-state index contributed by atoms with van der Waals surface area (Å²) in [7, 11) is 1.55. The summed E-state index contributed by atoms with van der Waals surface area (Å²) < 4.78 is 15.6. The van der Waals surface area contributed by atoms with Gasteiger partial charge in [0.15, 0.2) is 11.6 Å². The van der Waals surface area contributed by atoms with Gasteiger partial charge in [0.1, 0.15) is 17.4 Å². The number of hydrogen-bond acceptors (Lipinski definition) is 9. The van der Waals surface area contributed by atoms with Gasteiger partial charge >= 0.3 is 0 Å². The molecule has 4 atom stereocenters. The topological polar surface area (TPSA) is 160 Å². The van der Waals surface area contributed by atoms with Crippen LogP contribution in [0, 0.1) is 18.8 Å². The van der Waals surface area contributed by atoms with Gasteiger partial charge < -0.3 is 29.7 Å². The number of rotatable bonds is 15. The van der Waals surface area contributed by atoms with E-state index in [1.54, 1.807) is 45.2 Å². The van der Waals surface area contributed by atoms with E-state index < -0.39 is 47.8 Å². The van der Waals surface area contributed by atoms with Crippen LogP contribution in [0.15, 0.2) is 34.9 Å². The molecule has 1 aromatic carbocycles. The first-order chi connectivity index (χ1) is 19.6. The van der Waals surface area contributed by atoms with Crippen LogP contribution in [0.3, 0.4) is 0 Å². The average molecular weight is 570 g/mol. The van der Waals surface area contributed by atoms with Crippen molar-refractivity contribution in [2.45, 2.75) is 76.5 Å². The number of hydrogen-bond donors (Lipinski definition) is 3. The predicted octanol–water partition coefficient (Wildman–Crippen LogP) is 2.32. The quantitative estimate of drug-likeness (QED) is 0.274. The molecule has 0 spiro atoms. The number of aromatic nitrogens is 1. The number of aliphatic hydroxyl groups is 1. The van der Waals surface area contributed by atoms with E-state index in [-0.39, 0.29) is 24.4 Å². The number of carbonyl (C=O) groups excluding carboxylic acids is 4. The van der Waals surface area contributed by atoms with Crippen LogP contribution in [0.25, 0.3) is 0 Å². The first-order valence-electron chi connectivity index (χ1n) is 14.1. The maximum atomic E-state index is 13.7. The van der Waals surface area contributed by atoms with Crippen molar-refractivity contribution in [3.63, 3.8) is 0 Å². The van der Waals surface area contributed by atoms with Crippen LogP contribution in [-0.4, -0.2) is 71.7 Å². The molecule has 2 amide bonds. The van der Waals surface area contributed by atoms with E-state index in [2.05, 4.69) is 15.8 Å². The van der Waals surface area contributed by atoms with Crippen LogP contribution < -0.4 is 15.4 Å². The van der Waals surface area contributed by atoms with Crippen molar-refractivity contribution in [2.24, 2.45) is 11.8 Å². The van der Waals surface area contributed by atoms with Crippen molar-refractivity contribution in [1.82, 2.24) is 15.8 Å². The normalized spacial score (nSPS) is 20.6. The van der Waals surface area contributed by atoms with E-state index in [1.165, 1.54) is 6.07 Å². The zero-order chi connectivity index (χ0) is 29.6. The Morgan fingerprint density at radius 2 is 1.80 bits per heavy atom. The fraction of sp³-hybridized carbons (Fsp3) is 0.567. The summed E-state index contributed by atoms with van der Waals surface area (Å²) in [5.74, 6) is -1.79. The summed E-state index contributed by atoms with van der Waals surface area (Å²) in [5, 5.41) is 19.0. The third kappa shape index (κ3) is 8.01. The highest BCUT2D eigenvalue weighted by atomic mass is 16.6. The highest BCUT2D eigenvalue weighted by molar-refractivity contribution is 5.99. The van der Waals surface area contributed by atoms with E-state index in [4.69, 9.17) is 14.0 Å². The van der Waals surface area contributed by atoms with Gasteiger partial charge in [0.05, 0.1) is 32.1 Å². The standard InChI is InChI=1S/C30H39N3O8/c1-18-12-26(41-33-18)29(38)32-24(16-34)25(35)15-21(13-20-8-10-22(39-3)11-9-20)28(37)31-23(14-19-6-4-5-7-19)27(36)30(2)17-40-30/h8-12,19,21,23-24,34H,4-7,13-17H2,1-3H3,(H,31,37)(H,32,38)/t21-,23+,24-,30-/m1/s1. The Labute approximate surface area is 239 Å². The van der Waals surface area contributed by atoms with Crippen molar-refractivity contribution in [3.8, 4) is 5.75 Å². The van der Waals surface area contributed by atoms with E-state index in [0.29, 0.717) is 30.4 Å². The Morgan fingerprint density at radius 3 is 2.37 bits per heavy atom. The first-order valence-corrected chi connectivity index (χ1v) is 14.1. The molecule has 2 aliphatic rings. The number of Topliss-reactive ketones (excluding diaryl/α,β-unsaturated/α-hetero) is 2. The maximum Gasteiger partial charge on any atom is 0.290 e. The molecule has 2 heterocycles. The van der Waals surface area contributed by atoms with E-state index in [9.17, 15) is 24.3 Å². The molecular formula is C30H39N3O8. The molecule has 11 nitrogen and oxygen atoms in total. The number of ether oxygens (including phenoxy) is 2. The van der Waals surface area contributed by atoms with Crippen LogP contribution in [-0.2, 0) is 25.5 Å². The highest BCUT2D eigenvalue weighted by Gasteiger charge is 2.50. The summed E-state index contributed by atoms with van der Waals surface area (Å²) >= 11 is 0. The Morgan fingerprint density at radius 1 is 1.12 bits per heavy atom. The van der Waals surface area contributed by atoms with Crippen LogP contribution in [0.5, 0.6) is 5.75 Å². The monoisotopic (exact) mass is 569 g/mol. The second kappa shape index (κ2) is 13.4. The molecule has 1 saturated heterocycles. The largest absolute Gasteiger partial charge is 0.497 e. The van der Waals surface area contributed by atoms with Crippen molar-refractivity contribution >= 4 is 23.4 Å². The number of benzene rings is 1. The molecule has 0 bridgehead atoms. The molecule has 1 saturated carbocycles. The van der Waals surface area contributed by atoms with Crippen molar-refractivity contribution in [3.05, 3.63) is 47.3 Å². The Balaban J connectivity index is 1.51. The van der Waals surface area contributed by atoms with Crippen LogP contribution >= 0.6 is 0 Å². The van der Waals surface area contributed by atoms with Gasteiger partial charge in [0, 0.05) is 18.4 Å². The minimum Gasteiger partial charge on any atom is -0.497 e. The number of amides is 2. The van der Waals surface area contributed by atoms with Crippen LogP contribution in [0.2, 0.25) is 0 Å². The number of methoxy groups -OCH3 is 1. The number of aliphatic hydroxyl groups excluding tert-OH is 1. The van der Waals surface area contributed by atoms with Crippen molar-refractivity contribution < 1.29 is 38.3 Å². The maximum absolute atomic E-state index is 13.7. The number of carbonyl (C=O) groups is 4. The molecule has 41 heavy (non-hydrogen) atoms. The molecule has 1 aliphatic heterocycles. The third-order valence-corrected chi connectivity index (χ3v) is 7.96. The fourth-order valence-electron chi connectivity index (χ4n) is 5.34. The highest BCUT2D eigenvalue weighted by Crippen LogP contribution is 2.34. The van der Waals surface area contributed by atoms with Gasteiger partial charge in [0.25, 0.3) is 5.91 Å². The summed E-state index contributed by atoms with van der Waals surface area (Å²) in [6, 6.07) is 6.57. The molecule has 0 radical (unpaired) electrons. The lowest BCUT2D eigenvalue weighted by atomic mass is 9.88. The van der Waals surface area contributed by atoms with Gasteiger partial charge in [0.2, 0.25) is 11.7 Å². The number of nitrogens with one attached hydrogen (secondary N) is 2. The molecule has 11 heteroatoms. The van der Waals surface area contributed by atoms with Crippen LogP contribution in [0.4, 0.5) is 0 Å². The number of ketones is 2. The molecule has 2 fully saturated rings. The van der Waals surface area contributed by atoms with Crippen LogP contribution in [0.1, 0.15) is 67.3 Å². The van der Waals surface area contributed by atoms with Crippen molar-refractivity contribution in [2.75, 3.05) is 20.3 Å². The van der Waals surface area contributed by atoms with Gasteiger partial charge in [-0.05, 0) is 50.3 Å². The first kappa shape index (κ1) is 30.4. The molecule has 1 aliphatic carbocycles. The van der Waals surface area contributed by atoms with E-state index >= 15 is 0 Å². The molecule has 4 rings (SSSR count). The van der Waals surface area contributed by atoms with E-state index in [0.717, 1.165) is 31.2 Å². The summed E-state index contributed by atoms with van der Waals surface area (Å²) in [4.78, 5) is 52.9. The fourth-order valence-corrected chi connectivity index (χ4v) is 5.34. The zero-order valence-electron chi connectivity index (χ0n) is 23.8. The Hall–Kier alpha value is -3.57. The van der Waals surface area contributed by atoms with Gasteiger partial charge in [-0.1, -0.05) is 43.0 Å². The van der Waals surface area contributed by atoms with Gasteiger partial charge in [-0.15, -0.1) is 0 Å². The molecule has 3 N–H and O–H groups in total. The average Bonchev–Trinajstić information content (AvgIpc) is 3.30. The van der Waals surface area contributed by atoms with Crippen molar-refractivity contribution in [1.29, 1.82) is 0 Å². The lowest BCUT2D eigenvalue weighted by Gasteiger charge is -2.26. The lowest BCUT2D eigenvalue weighted by Crippen LogP contribution is -2.50. The third-order valence-electron chi connectivity index (χ3n) is 7.96. The summed E-state index contributed by atoms with van der Waals surface area (Å²) in [6.07, 6.45) is 4.68. The molecule has 222 valence electrons. The zero-order valence-corrected chi connectivity index (χ0v) is 23.8. The number of nitrogens with zero attached hydrogens (tertiary/aromatic N) is 1. The predicted molar refractivity (Wildman–Crippen MR) is 147 cm³/mol. The second-order valence-corrected chi connectivity index (χ2v) is 11.3. The summed E-state index contributed by atoms with van der Waals surface area (Å²) in [5.41, 5.74) is 0.380. The number of aryl methyl sites for hydroxylation is 1. The smallest absolute Gasteiger partial charge is 0.290 e. The molecule has 0 unspecified atom stereocenters. The Kier molecular flexibility index (Phi) is 9.93. The second-order valence-electron chi connectivity index (χ2n) is 11.3. The van der Waals surface area contributed by atoms with Gasteiger partial charge in [-0.25, -0.2) is 0 Å². The SMILES string of the molecule is COc1ccc(C[C@H](CC(=O)[C@@H](CO)NC(=O)c2cc(C)no2)C(=O)N[C@@H](CC2CCCC2)C(=O)[C@@]2(C)CO2)cc1.